The van der Waals surface area contributed by atoms with Crippen LogP contribution in [-0.2, 0) is 6.18 Å². The summed E-state index contributed by atoms with van der Waals surface area (Å²) in [6, 6.07) is 16.2. The summed E-state index contributed by atoms with van der Waals surface area (Å²) in [4.78, 5) is 5.03. The Morgan fingerprint density at radius 3 is 2.10 bits per heavy atom. The lowest BCUT2D eigenvalue weighted by atomic mass is 10.1. The molecule has 0 spiro atoms. The number of hydrogen-bond acceptors (Lipinski definition) is 2. The maximum Gasteiger partial charge on any atom is 0.416 e. The summed E-state index contributed by atoms with van der Waals surface area (Å²) in [5.41, 5.74) is -0.0226. The van der Waals surface area contributed by atoms with E-state index in [0.29, 0.717) is 11.3 Å². The topological polar surface area (TPSA) is 12.4 Å². The quantitative estimate of drug-likeness (QED) is 0.238. The van der Waals surface area contributed by atoms with E-state index in [9.17, 15) is 22.0 Å². The van der Waals surface area contributed by atoms with Gasteiger partial charge in [0.2, 0.25) is 0 Å². The van der Waals surface area contributed by atoms with Gasteiger partial charge >= 0.3 is 6.18 Å². The third-order valence-electron chi connectivity index (χ3n) is 3.85. The number of aliphatic imine (C=N–C) groups is 1. The number of hydrogen-bond donors (Lipinski definition) is 0. The van der Waals surface area contributed by atoms with Crippen molar-refractivity contribution in [2.24, 2.45) is 4.99 Å². The van der Waals surface area contributed by atoms with Crippen molar-refractivity contribution in [3.63, 3.8) is 0 Å². The van der Waals surface area contributed by atoms with E-state index in [4.69, 9.17) is 0 Å². The standard InChI is InChI=1S/C22H14F5NS/c23-17-9-11-18(12-10-17)29-14-13-20(28-21-4-2-1-3-19(21)24)15-5-7-16(8-6-15)22(25,26)27/h1-14H. The monoisotopic (exact) mass is 419 g/mol. The van der Waals surface area contributed by atoms with E-state index >= 15 is 0 Å². The fourth-order valence-electron chi connectivity index (χ4n) is 2.39. The molecule has 0 aliphatic carbocycles. The Labute approximate surface area is 168 Å². The van der Waals surface area contributed by atoms with Gasteiger partial charge in [0.25, 0.3) is 0 Å². The molecule has 1 nitrogen and oxygen atoms in total. The summed E-state index contributed by atoms with van der Waals surface area (Å²) in [7, 11) is 0. The summed E-state index contributed by atoms with van der Waals surface area (Å²) >= 11 is 1.27. The van der Waals surface area contributed by atoms with Gasteiger partial charge in [0.05, 0.1) is 17.0 Å². The molecule has 0 atom stereocenters. The molecule has 0 aliphatic rings. The van der Waals surface area contributed by atoms with Gasteiger partial charge < -0.3 is 0 Å². The minimum Gasteiger partial charge on any atom is -0.245 e. The Bertz CT molecular complexity index is 1020. The molecule has 0 fully saturated rings. The smallest absolute Gasteiger partial charge is 0.245 e. The van der Waals surface area contributed by atoms with Gasteiger partial charge in [0.1, 0.15) is 11.6 Å². The van der Waals surface area contributed by atoms with E-state index in [0.717, 1.165) is 17.0 Å². The van der Waals surface area contributed by atoms with E-state index in [2.05, 4.69) is 4.99 Å². The number of rotatable bonds is 5. The molecule has 7 heteroatoms. The van der Waals surface area contributed by atoms with Crippen molar-refractivity contribution in [3.8, 4) is 0 Å². The second kappa shape index (κ2) is 9.05. The number of para-hydroxylation sites is 1. The van der Waals surface area contributed by atoms with Crippen LogP contribution in [-0.4, -0.2) is 5.71 Å². The number of halogens is 5. The van der Waals surface area contributed by atoms with Gasteiger partial charge in [-0.2, -0.15) is 13.2 Å². The molecule has 3 aromatic rings. The van der Waals surface area contributed by atoms with Crippen molar-refractivity contribution in [2.45, 2.75) is 11.1 Å². The van der Waals surface area contributed by atoms with Crippen molar-refractivity contribution in [3.05, 3.63) is 107 Å². The molecule has 0 aromatic heterocycles. The summed E-state index contributed by atoms with van der Waals surface area (Å²) in [5.74, 6) is -0.901. The van der Waals surface area contributed by atoms with Gasteiger partial charge in [-0.1, -0.05) is 36.0 Å². The zero-order valence-electron chi connectivity index (χ0n) is 14.8. The highest BCUT2D eigenvalue weighted by Gasteiger charge is 2.30. The molecule has 0 saturated heterocycles. The van der Waals surface area contributed by atoms with Crippen LogP contribution < -0.4 is 0 Å². The average molecular weight is 419 g/mol. The highest BCUT2D eigenvalue weighted by Crippen LogP contribution is 2.29. The van der Waals surface area contributed by atoms with Gasteiger partial charge in [-0.3, -0.25) is 0 Å². The van der Waals surface area contributed by atoms with Crippen LogP contribution in [0.5, 0.6) is 0 Å². The van der Waals surface area contributed by atoms with Crippen LogP contribution in [0.3, 0.4) is 0 Å². The summed E-state index contributed by atoms with van der Waals surface area (Å²) in [5, 5.41) is 1.66. The molecule has 0 heterocycles. The third kappa shape index (κ3) is 5.77. The molecular weight excluding hydrogens is 405 g/mol. The predicted octanol–water partition coefficient (Wildman–Crippen LogP) is 7.41. The molecule has 29 heavy (non-hydrogen) atoms. The molecule has 148 valence electrons. The molecule has 0 amide bonds. The number of thioether (sulfide) groups is 1. The van der Waals surface area contributed by atoms with Gasteiger partial charge in [-0.25, -0.2) is 13.8 Å². The van der Waals surface area contributed by atoms with Gasteiger partial charge in [-0.15, -0.1) is 0 Å². The van der Waals surface area contributed by atoms with Crippen molar-refractivity contribution in [2.75, 3.05) is 0 Å². The normalized spacial score (nSPS) is 12.5. The van der Waals surface area contributed by atoms with Gasteiger partial charge in [0.15, 0.2) is 0 Å². The molecular formula is C22H14F5NS. The summed E-state index contributed by atoms with van der Waals surface area (Å²) < 4.78 is 65.4. The molecule has 3 aromatic carbocycles. The largest absolute Gasteiger partial charge is 0.416 e. The van der Waals surface area contributed by atoms with Crippen LogP contribution in [0.2, 0.25) is 0 Å². The fraction of sp³-hybridized carbons (Fsp3) is 0.0455. The molecule has 0 unspecified atom stereocenters. The zero-order valence-corrected chi connectivity index (χ0v) is 15.6. The fourth-order valence-corrected chi connectivity index (χ4v) is 3.04. The van der Waals surface area contributed by atoms with Crippen LogP contribution in [0.4, 0.5) is 27.6 Å². The van der Waals surface area contributed by atoms with E-state index in [1.807, 2.05) is 0 Å². The molecule has 3 rings (SSSR count). The Balaban J connectivity index is 1.92. The van der Waals surface area contributed by atoms with E-state index < -0.39 is 17.6 Å². The lowest BCUT2D eigenvalue weighted by molar-refractivity contribution is -0.137. The maximum absolute atomic E-state index is 14.0. The molecule has 0 N–H and O–H groups in total. The van der Waals surface area contributed by atoms with E-state index in [1.165, 1.54) is 54.2 Å². The Hall–Kier alpha value is -2.93. The third-order valence-corrected chi connectivity index (χ3v) is 4.66. The first-order chi connectivity index (χ1) is 13.8. The van der Waals surface area contributed by atoms with E-state index in [1.54, 1.807) is 29.7 Å². The minimum absolute atomic E-state index is 0.0684. The molecule has 0 radical (unpaired) electrons. The van der Waals surface area contributed by atoms with Crippen molar-refractivity contribution in [1.82, 2.24) is 0 Å². The van der Waals surface area contributed by atoms with Crippen LogP contribution in [0, 0.1) is 11.6 Å². The van der Waals surface area contributed by atoms with Gasteiger partial charge in [0, 0.05) is 10.5 Å². The lowest BCUT2D eigenvalue weighted by Crippen LogP contribution is -2.05. The van der Waals surface area contributed by atoms with Crippen molar-refractivity contribution in [1.29, 1.82) is 0 Å². The average Bonchev–Trinajstić information content (AvgIpc) is 2.70. The Morgan fingerprint density at radius 2 is 1.48 bits per heavy atom. The minimum atomic E-state index is -4.45. The van der Waals surface area contributed by atoms with Crippen molar-refractivity contribution >= 4 is 23.2 Å². The highest BCUT2D eigenvalue weighted by molar-refractivity contribution is 8.02. The zero-order chi connectivity index (χ0) is 20.9. The van der Waals surface area contributed by atoms with Crippen LogP contribution in [0.1, 0.15) is 11.1 Å². The molecule has 0 saturated carbocycles. The first-order valence-electron chi connectivity index (χ1n) is 8.42. The van der Waals surface area contributed by atoms with Crippen LogP contribution in [0.15, 0.2) is 94.2 Å². The number of allylic oxidation sites excluding steroid dienone is 1. The number of nitrogens with zero attached hydrogens (tertiary/aromatic N) is 1. The molecule has 0 bridgehead atoms. The predicted molar refractivity (Wildman–Crippen MR) is 105 cm³/mol. The first-order valence-corrected chi connectivity index (χ1v) is 9.30. The Morgan fingerprint density at radius 1 is 0.828 bits per heavy atom. The second-order valence-electron chi connectivity index (χ2n) is 5.90. The lowest BCUT2D eigenvalue weighted by Gasteiger charge is -2.08. The van der Waals surface area contributed by atoms with E-state index in [-0.39, 0.29) is 11.5 Å². The number of alkyl halides is 3. The Kier molecular flexibility index (Phi) is 6.49. The van der Waals surface area contributed by atoms with Gasteiger partial charge in [-0.05, 0) is 60.0 Å². The summed E-state index contributed by atoms with van der Waals surface area (Å²) in [6.07, 6.45) is -2.88. The molecule has 0 aliphatic heterocycles. The van der Waals surface area contributed by atoms with Crippen LogP contribution >= 0.6 is 11.8 Å². The van der Waals surface area contributed by atoms with Crippen LogP contribution in [0.25, 0.3) is 0 Å². The van der Waals surface area contributed by atoms with Crippen molar-refractivity contribution < 1.29 is 22.0 Å². The number of benzene rings is 3. The highest BCUT2D eigenvalue weighted by atomic mass is 32.2. The first kappa shape index (κ1) is 20.8. The second-order valence-corrected chi connectivity index (χ2v) is 6.88. The maximum atomic E-state index is 14.0. The SMILES string of the molecule is Fc1ccc(SC=CC(=Nc2ccccc2F)c2ccc(C(F)(F)F)cc2)cc1. The summed E-state index contributed by atoms with van der Waals surface area (Å²) in [6.45, 7) is 0.